The van der Waals surface area contributed by atoms with Crippen LogP contribution in [0.2, 0.25) is 0 Å². The van der Waals surface area contributed by atoms with Gasteiger partial charge >= 0.3 is 0 Å². The molecule has 0 atom stereocenters. The highest BCUT2D eigenvalue weighted by Gasteiger charge is 2.07. The quantitative estimate of drug-likeness (QED) is 0.777. The standard InChI is InChI=1S/C12H14FN3/c1-8(2)12-7-16(15-14-12)11-5-9(3)4-10(13)6-11/h4-8H,1-3H3. The predicted octanol–water partition coefficient (Wildman–Crippen LogP) is 2.84. The first-order valence-electron chi connectivity index (χ1n) is 5.26. The van der Waals surface area contributed by atoms with E-state index >= 15 is 0 Å². The number of nitrogens with zero attached hydrogens (tertiary/aromatic N) is 3. The molecule has 84 valence electrons. The van der Waals surface area contributed by atoms with Gasteiger partial charge in [-0.15, -0.1) is 5.10 Å². The van der Waals surface area contributed by atoms with Gasteiger partial charge in [0.1, 0.15) is 5.82 Å². The number of benzene rings is 1. The molecule has 0 saturated heterocycles. The molecule has 0 bridgehead atoms. The van der Waals surface area contributed by atoms with Crippen molar-refractivity contribution in [2.24, 2.45) is 0 Å². The van der Waals surface area contributed by atoms with E-state index in [1.165, 1.54) is 12.1 Å². The van der Waals surface area contributed by atoms with Crippen molar-refractivity contribution in [1.29, 1.82) is 0 Å². The highest BCUT2D eigenvalue weighted by atomic mass is 19.1. The van der Waals surface area contributed by atoms with Crippen molar-refractivity contribution in [1.82, 2.24) is 15.0 Å². The van der Waals surface area contributed by atoms with Crippen LogP contribution in [0.25, 0.3) is 5.69 Å². The fraction of sp³-hybridized carbons (Fsp3) is 0.333. The third-order valence-electron chi connectivity index (χ3n) is 2.39. The van der Waals surface area contributed by atoms with E-state index in [1.807, 2.05) is 33.0 Å². The van der Waals surface area contributed by atoms with Crippen LogP contribution >= 0.6 is 0 Å². The van der Waals surface area contributed by atoms with Gasteiger partial charge in [0.25, 0.3) is 0 Å². The molecule has 1 aromatic heterocycles. The minimum Gasteiger partial charge on any atom is -0.220 e. The summed E-state index contributed by atoms with van der Waals surface area (Å²) in [6, 6.07) is 4.82. The average molecular weight is 219 g/mol. The van der Waals surface area contributed by atoms with Gasteiger partial charge in [0.2, 0.25) is 0 Å². The first kappa shape index (κ1) is 10.8. The van der Waals surface area contributed by atoms with Crippen LogP contribution in [0.15, 0.2) is 24.4 Å². The predicted molar refractivity (Wildman–Crippen MR) is 60.1 cm³/mol. The van der Waals surface area contributed by atoms with Crippen molar-refractivity contribution in [3.8, 4) is 5.69 Å². The van der Waals surface area contributed by atoms with Crippen LogP contribution in [0.5, 0.6) is 0 Å². The molecule has 0 N–H and O–H groups in total. The summed E-state index contributed by atoms with van der Waals surface area (Å²) in [7, 11) is 0. The van der Waals surface area contributed by atoms with Crippen LogP contribution in [0.4, 0.5) is 4.39 Å². The lowest BCUT2D eigenvalue weighted by atomic mass is 10.1. The van der Waals surface area contributed by atoms with E-state index in [4.69, 9.17) is 0 Å². The molecule has 16 heavy (non-hydrogen) atoms. The number of aromatic nitrogens is 3. The van der Waals surface area contributed by atoms with Gasteiger partial charge in [0, 0.05) is 0 Å². The SMILES string of the molecule is Cc1cc(F)cc(-n2cc(C(C)C)nn2)c1. The number of aryl methyl sites for hydroxylation is 1. The normalized spacial score (nSPS) is 11.1. The molecule has 0 aliphatic carbocycles. The van der Waals surface area contributed by atoms with Gasteiger partial charge in [-0.2, -0.15) is 0 Å². The largest absolute Gasteiger partial charge is 0.220 e. The maximum Gasteiger partial charge on any atom is 0.125 e. The third kappa shape index (κ3) is 2.10. The molecular weight excluding hydrogens is 205 g/mol. The minimum atomic E-state index is -0.253. The van der Waals surface area contributed by atoms with E-state index < -0.39 is 0 Å². The van der Waals surface area contributed by atoms with Crippen LogP contribution in [0.1, 0.15) is 31.0 Å². The Balaban J connectivity index is 2.42. The van der Waals surface area contributed by atoms with Crippen molar-refractivity contribution in [2.45, 2.75) is 26.7 Å². The second-order valence-corrected chi connectivity index (χ2v) is 4.23. The van der Waals surface area contributed by atoms with E-state index in [-0.39, 0.29) is 5.82 Å². The molecule has 1 aromatic carbocycles. The molecule has 4 heteroatoms. The fourth-order valence-corrected chi connectivity index (χ4v) is 1.52. The monoisotopic (exact) mass is 219 g/mol. The summed E-state index contributed by atoms with van der Waals surface area (Å²) >= 11 is 0. The fourth-order valence-electron chi connectivity index (χ4n) is 1.52. The zero-order chi connectivity index (χ0) is 11.7. The van der Waals surface area contributed by atoms with Gasteiger partial charge in [-0.3, -0.25) is 0 Å². The molecule has 0 radical (unpaired) electrons. The zero-order valence-corrected chi connectivity index (χ0v) is 9.61. The summed E-state index contributed by atoms with van der Waals surface area (Å²) < 4.78 is 14.8. The second kappa shape index (κ2) is 4.04. The van der Waals surface area contributed by atoms with Gasteiger partial charge in [-0.25, -0.2) is 9.07 Å². The zero-order valence-electron chi connectivity index (χ0n) is 9.61. The Kier molecular flexibility index (Phi) is 2.73. The van der Waals surface area contributed by atoms with E-state index in [1.54, 1.807) is 4.68 Å². The van der Waals surface area contributed by atoms with Crippen LogP contribution in [0, 0.1) is 12.7 Å². The molecular formula is C12H14FN3. The topological polar surface area (TPSA) is 30.7 Å². The number of hydrogen-bond donors (Lipinski definition) is 0. The Hall–Kier alpha value is -1.71. The third-order valence-corrected chi connectivity index (χ3v) is 2.39. The van der Waals surface area contributed by atoms with E-state index in [0.717, 1.165) is 11.3 Å². The van der Waals surface area contributed by atoms with Crippen LogP contribution in [0.3, 0.4) is 0 Å². The molecule has 2 aromatic rings. The smallest absolute Gasteiger partial charge is 0.125 e. The highest BCUT2D eigenvalue weighted by Crippen LogP contribution is 2.15. The Morgan fingerprint density at radius 2 is 2.00 bits per heavy atom. The molecule has 1 heterocycles. The molecule has 2 rings (SSSR count). The summed E-state index contributed by atoms with van der Waals surface area (Å²) in [4.78, 5) is 0. The van der Waals surface area contributed by atoms with Crippen molar-refractivity contribution in [2.75, 3.05) is 0 Å². The van der Waals surface area contributed by atoms with Crippen LogP contribution < -0.4 is 0 Å². The maximum atomic E-state index is 13.2. The summed E-state index contributed by atoms with van der Waals surface area (Å²) in [6.07, 6.45) is 1.83. The van der Waals surface area contributed by atoms with E-state index in [9.17, 15) is 4.39 Å². The number of rotatable bonds is 2. The van der Waals surface area contributed by atoms with Crippen molar-refractivity contribution < 1.29 is 4.39 Å². The van der Waals surface area contributed by atoms with E-state index in [0.29, 0.717) is 11.6 Å². The van der Waals surface area contributed by atoms with Crippen LogP contribution in [-0.2, 0) is 0 Å². The molecule has 0 aliphatic heterocycles. The molecule has 0 fully saturated rings. The number of hydrogen-bond acceptors (Lipinski definition) is 2. The van der Waals surface area contributed by atoms with Crippen molar-refractivity contribution in [3.63, 3.8) is 0 Å². The highest BCUT2D eigenvalue weighted by molar-refractivity contribution is 5.35. The Morgan fingerprint density at radius 1 is 1.25 bits per heavy atom. The Morgan fingerprint density at radius 3 is 2.56 bits per heavy atom. The average Bonchev–Trinajstić information content (AvgIpc) is 2.64. The summed E-state index contributed by atoms with van der Waals surface area (Å²) in [5.74, 6) is 0.0694. The summed E-state index contributed by atoms with van der Waals surface area (Å²) in [5, 5.41) is 8.03. The lowest BCUT2D eigenvalue weighted by Gasteiger charge is -2.02. The molecule has 0 unspecified atom stereocenters. The van der Waals surface area contributed by atoms with Crippen LogP contribution in [-0.4, -0.2) is 15.0 Å². The first-order chi connectivity index (χ1) is 7.56. The summed E-state index contributed by atoms with van der Waals surface area (Å²) in [5.41, 5.74) is 2.48. The van der Waals surface area contributed by atoms with Crippen molar-refractivity contribution >= 4 is 0 Å². The molecule has 0 spiro atoms. The van der Waals surface area contributed by atoms with Gasteiger partial charge in [-0.1, -0.05) is 19.1 Å². The summed E-state index contributed by atoms with van der Waals surface area (Å²) in [6.45, 7) is 5.95. The lowest BCUT2D eigenvalue weighted by Crippen LogP contribution is -1.96. The number of halogens is 1. The van der Waals surface area contributed by atoms with Gasteiger partial charge in [0.15, 0.2) is 0 Å². The molecule has 0 saturated carbocycles. The molecule has 3 nitrogen and oxygen atoms in total. The molecule has 0 amide bonds. The Labute approximate surface area is 93.9 Å². The van der Waals surface area contributed by atoms with Crippen molar-refractivity contribution in [3.05, 3.63) is 41.5 Å². The lowest BCUT2D eigenvalue weighted by molar-refractivity contribution is 0.623. The minimum absolute atomic E-state index is 0.253. The Bertz CT molecular complexity index is 482. The van der Waals surface area contributed by atoms with Gasteiger partial charge < -0.3 is 0 Å². The maximum absolute atomic E-state index is 13.2. The first-order valence-corrected chi connectivity index (χ1v) is 5.26. The van der Waals surface area contributed by atoms with Gasteiger partial charge in [0.05, 0.1) is 17.6 Å². The second-order valence-electron chi connectivity index (χ2n) is 4.23. The van der Waals surface area contributed by atoms with E-state index in [2.05, 4.69) is 10.3 Å². The molecule has 0 aliphatic rings. The van der Waals surface area contributed by atoms with Gasteiger partial charge in [-0.05, 0) is 36.6 Å².